The Hall–Kier alpha value is -1.56. The maximum atomic E-state index is 5.79. The van der Waals surface area contributed by atoms with E-state index >= 15 is 0 Å². The number of hydrogen-bond acceptors (Lipinski definition) is 4. The summed E-state index contributed by atoms with van der Waals surface area (Å²) in [7, 11) is 1.95. The number of likely N-dealkylation sites (tertiary alicyclic amines) is 1. The summed E-state index contributed by atoms with van der Waals surface area (Å²) in [5, 5.41) is 6.14. The van der Waals surface area contributed by atoms with E-state index in [0.29, 0.717) is 17.8 Å². The van der Waals surface area contributed by atoms with Crippen LogP contribution in [-0.4, -0.2) is 48.9 Å². The first-order valence-corrected chi connectivity index (χ1v) is 6.19. The third kappa shape index (κ3) is 4.37. The van der Waals surface area contributed by atoms with Gasteiger partial charge in [-0.1, -0.05) is 6.58 Å². The summed E-state index contributed by atoms with van der Waals surface area (Å²) >= 11 is 0. The quantitative estimate of drug-likeness (QED) is 0.489. The smallest absolute Gasteiger partial charge is 0.200 e. The van der Waals surface area contributed by atoms with Gasteiger partial charge >= 0.3 is 0 Å². The highest BCUT2D eigenvalue weighted by molar-refractivity contribution is 5.98. The molecule has 1 heterocycles. The summed E-state index contributed by atoms with van der Waals surface area (Å²) in [5.74, 6) is 1.77. The van der Waals surface area contributed by atoms with Crippen LogP contribution in [-0.2, 0) is 0 Å². The van der Waals surface area contributed by atoms with Gasteiger partial charge in [-0.2, -0.15) is 4.99 Å². The van der Waals surface area contributed by atoms with E-state index in [-0.39, 0.29) is 6.04 Å². The van der Waals surface area contributed by atoms with Gasteiger partial charge in [-0.15, -0.1) is 0 Å². The van der Waals surface area contributed by atoms with Gasteiger partial charge in [-0.25, -0.2) is 0 Å². The van der Waals surface area contributed by atoms with Crippen molar-refractivity contribution in [2.75, 3.05) is 20.1 Å². The Bertz CT molecular complexity index is 352. The van der Waals surface area contributed by atoms with Gasteiger partial charge in [0.05, 0.1) is 0 Å². The maximum Gasteiger partial charge on any atom is 0.200 e. The van der Waals surface area contributed by atoms with Gasteiger partial charge < -0.3 is 21.3 Å². The lowest BCUT2D eigenvalue weighted by Crippen LogP contribution is -2.56. The normalized spacial score (nSPS) is 17.9. The van der Waals surface area contributed by atoms with E-state index in [1.54, 1.807) is 0 Å². The largest absolute Gasteiger partial charge is 0.369 e. The molecule has 0 unspecified atom stereocenters. The van der Waals surface area contributed by atoms with Crippen molar-refractivity contribution >= 4 is 11.8 Å². The van der Waals surface area contributed by atoms with Crippen LogP contribution in [0.25, 0.3) is 0 Å². The molecule has 0 radical (unpaired) electrons. The van der Waals surface area contributed by atoms with Crippen molar-refractivity contribution in [1.82, 2.24) is 15.5 Å². The van der Waals surface area contributed by atoms with Crippen LogP contribution in [0.2, 0.25) is 0 Å². The Morgan fingerprint density at radius 3 is 2.56 bits per heavy atom. The number of likely N-dealkylation sites (N-methyl/N-ethyl adjacent to an activating group) is 1. The lowest BCUT2D eigenvalue weighted by Gasteiger charge is -2.40. The zero-order valence-corrected chi connectivity index (χ0v) is 11.7. The predicted molar refractivity (Wildman–Crippen MR) is 76.6 cm³/mol. The lowest BCUT2D eigenvalue weighted by molar-refractivity contribution is 0.177. The van der Waals surface area contributed by atoms with Gasteiger partial charge in [0.25, 0.3) is 0 Å². The number of guanidine groups is 1. The van der Waals surface area contributed by atoms with Crippen LogP contribution in [0.1, 0.15) is 20.8 Å². The molecule has 6 nitrogen and oxygen atoms in total. The first-order valence-electron chi connectivity index (χ1n) is 6.19. The van der Waals surface area contributed by atoms with Crippen molar-refractivity contribution < 1.29 is 0 Å². The summed E-state index contributed by atoms with van der Waals surface area (Å²) in [6.45, 7) is 11.6. The van der Waals surface area contributed by atoms with Crippen molar-refractivity contribution in [1.29, 1.82) is 0 Å². The molecule has 0 aromatic rings. The Kier molecular flexibility index (Phi) is 5.15. The van der Waals surface area contributed by atoms with E-state index < -0.39 is 0 Å². The van der Waals surface area contributed by atoms with Crippen LogP contribution in [0.3, 0.4) is 0 Å². The van der Waals surface area contributed by atoms with Crippen LogP contribution in [0.5, 0.6) is 0 Å². The first-order chi connectivity index (χ1) is 8.42. The van der Waals surface area contributed by atoms with Crippen LogP contribution in [0.15, 0.2) is 22.4 Å². The van der Waals surface area contributed by atoms with Gasteiger partial charge in [-0.3, -0.25) is 4.99 Å². The highest BCUT2D eigenvalue weighted by Crippen LogP contribution is 2.14. The first kappa shape index (κ1) is 14.5. The Balaban J connectivity index is 2.44. The zero-order valence-electron chi connectivity index (χ0n) is 11.7. The zero-order chi connectivity index (χ0) is 13.7. The number of aliphatic imine (C=N–C) groups is 2. The lowest BCUT2D eigenvalue weighted by atomic mass is 10.1. The highest BCUT2D eigenvalue weighted by atomic mass is 15.3. The molecule has 1 aliphatic heterocycles. The number of nitrogens with one attached hydrogen (secondary N) is 2. The van der Waals surface area contributed by atoms with E-state index in [4.69, 9.17) is 5.73 Å². The standard InChI is InChI=1S/C12H24N6/c1-8(2)15-9(3)16-12(13)17-10(4)18-6-11(7-18)14-5/h8,11,14H,4,6-7H2,1-3,5H3,(H3,13,15,16,17). The predicted octanol–water partition coefficient (Wildman–Crippen LogP) is 0.0923. The van der Waals surface area contributed by atoms with Crippen molar-refractivity contribution in [3.8, 4) is 0 Å². The molecular weight excluding hydrogens is 228 g/mol. The molecule has 102 valence electrons. The minimum absolute atomic E-state index is 0.236. The van der Waals surface area contributed by atoms with Gasteiger partial charge in [0.15, 0.2) is 0 Å². The van der Waals surface area contributed by atoms with E-state index in [0.717, 1.165) is 18.9 Å². The number of nitrogens with two attached hydrogens (primary N) is 1. The molecule has 1 aliphatic rings. The van der Waals surface area contributed by atoms with Gasteiger partial charge in [0.1, 0.15) is 11.7 Å². The molecule has 0 aromatic heterocycles. The number of nitrogens with zero attached hydrogens (tertiary/aromatic N) is 3. The van der Waals surface area contributed by atoms with Gasteiger partial charge in [0.2, 0.25) is 5.96 Å². The second-order valence-corrected chi connectivity index (χ2v) is 4.74. The van der Waals surface area contributed by atoms with E-state index in [1.165, 1.54) is 0 Å². The van der Waals surface area contributed by atoms with Crippen molar-refractivity contribution in [3.05, 3.63) is 12.4 Å². The fourth-order valence-electron chi connectivity index (χ4n) is 1.71. The van der Waals surface area contributed by atoms with E-state index in [9.17, 15) is 0 Å². The fourth-order valence-corrected chi connectivity index (χ4v) is 1.71. The van der Waals surface area contributed by atoms with Crippen molar-refractivity contribution in [2.45, 2.75) is 32.9 Å². The summed E-state index contributed by atoms with van der Waals surface area (Å²) in [6, 6.07) is 0.760. The second-order valence-electron chi connectivity index (χ2n) is 4.74. The Morgan fingerprint density at radius 2 is 2.06 bits per heavy atom. The molecule has 1 saturated heterocycles. The van der Waals surface area contributed by atoms with Crippen LogP contribution < -0.4 is 16.4 Å². The van der Waals surface area contributed by atoms with E-state index in [2.05, 4.69) is 32.1 Å². The minimum Gasteiger partial charge on any atom is -0.369 e. The summed E-state index contributed by atoms with van der Waals surface area (Å²) in [5.41, 5.74) is 5.79. The monoisotopic (exact) mass is 252 g/mol. The van der Waals surface area contributed by atoms with Crippen molar-refractivity contribution in [2.24, 2.45) is 15.7 Å². The van der Waals surface area contributed by atoms with Crippen LogP contribution >= 0.6 is 0 Å². The SMILES string of the molecule is C=C(/N=C(/N)NC(C)=NC(C)C)N1CC(NC)C1. The molecule has 1 rings (SSSR count). The molecule has 0 saturated carbocycles. The fraction of sp³-hybridized carbons (Fsp3) is 0.667. The number of rotatable bonds is 4. The molecule has 0 amide bonds. The molecule has 0 spiro atoms. The second kappa shape index (κ2) is 6.39. The highest BCUT2D eigenvalue weighted by Gasteiger charge is 2.25. The van der Waals surface area contributed by atoms with Crippen LogP contribution in [0.4, 0.5) is 0 Å². The molecular formula is C12H24N6. The molecule has 18 heavy (non-hydrogen) atoms. The van der Waals surface area contributed by atoms with Gasteiger partial charge in [0, 0.05) is 25.2 Å². The molecule has 0 atom stereocenters. The third-order valence-electron chi connectivity index (χ3n) is 2.67. The Morgan fingerprint density at radius 1 is 1.44 bits per heavy atom. The third-order valence-corrected chi connectivity index (χ3v) is 2.67. The Labute approximate surface area is 109 Å². The molecule has 4 N–H and O–H groups in total. The molecule has 0 aromatic carbocycles. The summed E-state index contributed by atoms with van der Waals surface area (Å²) in [4.78, 5) is 10.6. The van der Waals surface area contributed by atoms with Crippen molar-refractivity contribution in [3.63, 3.8) is 0 Å². The maximum absolute atomic E-state index is 5.79. The van der Waals surface area contributed by atoms with E-state index in [1.807, 2.05) is 27.8 Å². The average Bonchev–Trinajstić information content (AvgIpc) is 2.13. The number of amidine groups is 1. The molecule has 0 bridgehead atoms. The van der Waals surface area contributed by atoms with Gasteiger partial charge in [-0.05, 0) is 27.8 Å². The summed E-state index contributed by atoms with van der Waals surface area (Å²) < 4.78 is 0. The minimum atomic E-state index is 0.236. The topological polar surface area (TPSA) is 78.0 Å². The molecule has 6 heteroatoms. The number of hydrogen-bond donors (Lipinski definition) is 3. The summed E-state index contributed by atoms with van der Waals surface area (Å²) in [6.07, 6.45) is 0. The molecule has 1 fully saturated rings. The van der Waals surface area contributed by atoms with Crippen LogP contribution in [0, 0.1) is 0 Å². The molecule has 0 aliphatic carbocycles. The average molecular weight is 252 g/mol.